The van der Waals surface area contributed by atoms with Crippen LogP contribution in [0.3, 0.4) is 0 Å². The average Bonchev–Trinajstić information content (AvgIpc) is 2.66. The number of rotatable bonds is 4. The van der Waals surface area contributed by atoms with Crippen LogP contribution in [-0.2, 0) is 6.54 Å². The lowest BCUT2D eigenvalue weighted by atomic mass is 9.84. The third-order valence-electron chi connectivity index (χ3n) is 4.89. The van der Waals surface area contributed by atoms with E-state index in [0.717, 1.165) is 17.7 Å². The molecule has 0 saturated carbocycles. The first-order valence-corrected chi connectivity index (χ1v) is 9.37. The van der Waals surface area contributed by atoms with Crippen molar-refractivity contribution in [1.82, 2.24) is 14.5 Å². The van der Waals surface area contributed by atoms with Gasteiger partial charge in [-0.1, -0.05) is 35.9 Å². The number of hydrogen-bond donors (Lipinski definition) is 2. The van der Waals surface area contributed by atoms with Gasteiger partial charge >= 0.3 is 0 Å². The number of likely N-dealkylation sites (N-methyl/N-ethyl adjacent to an activating group) is 1. The molecule has 3 aromatic rings. The first-order valence-electron chi connectivity index (χ1n) is 8.99. The van der Waals surface area contributed by atoms with Gasteiger partial charge in [0.2, 0.25) is 5.88 Å². The van der Waals surface area contributed by atoms with E-state index in [0.29, 0.717) is 34.2 Å². The van der Waals surface area contributed by atoms with Gasteiger partial charge in [-0.3, -0.25) is 5.41 Å². The summed E-state index contributed by atoms with van der Waals surface area (Å²) in [6, 6.07) is 12.6. The summed E-state index contributed by atoms with van der Waals surface area (Å²) in [6.45, 7) is 1.43. The maximum absolute atomic E-state index is 9.90. The van der Waals surface area contributed by atoms with Gasteiger partial charge in [-0.05, 0) is 31.8 Å². The normalized spacial score (nSPS) is 15.1. The average molecular weight is 397 g/mol. The number of aromatic hydroxyl groups is 1. The molecule has 2 N–H and O–H groups in total. The fourth-order valence-corrected chi connectivity index (χ4v) is 3.71. The van der Waals surface area contributed by atoms with Crippen LogP contribution >= 0.6 is 11.6 Å². The van der Waals surface area contributed by atoms with E-state index < -0.39 is 0 Å². The van der Waals surface area contributed by atoms with E-state index >= 15 is 0 Å². The number of nitrogens with zero attached hydrogens (tertiary/aromatic N) is 3. The summed E-state index contributed by atoms with van der Waals surface area (Å²) in [6.07, 6.45) is 1.63. The van der Waals surface area contributed by atoms with Gasteiger partial charge in [0.15, 0.2) is 0 Å². The molecule has 144 valence electrons. The van der Waals surface area contributed by atoms with E-state index in [-0.39, 0.29) is 11.7 Å². The Bertz CT molecular complexity index is 1090. The summed E-state index contributed by atoms with van der Waals surface area (Å²) >= 11 is 6.53. The predicted octanol–water partition coefficient (Wildman–Crippen LogP) is 3.57. The van der Waals surface area contributed by atoms with Crippen molar-refractivity contribution in [3.05, 3.63) is 76.0 Å². The molecule has 2 aromatic carbocycles. The molecule has 28 heavy (non-hydrogen) atoms. The zero-order chi connectivity index (χ0) is 19.8. The standard InChI is InChI=1S/C21H21ClN4O2/c1-25(2)9-10-26-12-24-21-19(20(26)23)18(14-5-3-4-6-16(14)22)15-8-7-13(27)11-17(15)28-21/h3-8,11-12,18,23,27H,9-10H2,1-2H3/t18-/m1/s1. The van der Waals surface area contributed by atoms with Crippen molar-refractivity contribution >= 4 is 11.6 Å². The Morgan fingerprint density at radius 3 is 2.75 bits per heavy atom. The second-order valence-electron chi connectivity index (χ2n) is 7.09. The minimum Gasteiger partial charge on any atom is -0.508 e. The molecule has 0 amide bonds. The smallest absolute Gasteiger partial charge is 0.228 e. The maximum atomic E-state index is 9.90. The summed E-state index contributed by atoms with van der Waals surface area (Å²) in [7, 11) is 3.99. The van der Waals surface area contributed by atoms with E-state index in [4.69, 9.17) is 21.7 Å². The van der Waals surface area contributed by atoms with Crippen molar-refractivity contribution in [3.8, 4) is 17.4 Å². The minimum atomic E-state index is -0.306. The Hall–Kier alpha value is -2.83. The van der Waals surface area contributed by atoms with Gasteiger partial charge in [-0.25, -0.2) is 4.98 Å². The number of halogens is 1. The molecule has 1 aliphatic rings. The molecule has 0 unspecified atom stereocenters. The Kier molecular flexibility index (Phi) is 4.83. The van der Waals surface area contributed by atoms with E-state index in [1.807, 2.05) is 49.0 Å². The largest absolute Gasteiger partial charge is 0.508 e. The van der Waals surface area contributed by atoms with Crippen molar-refractivity contribution in [2.24, 2.45) is 0 Å². The highest BCUT2D eigenvalue weighted by Crippen LogP contribution is 2.47. The molecule has 1 aliphatic heterocycles. The Balaban J connectivity index is 1.93. The van der Waals surface area contributed by atoms with Gasteiger partial charge in [0, 0.05) is 35.7 Å². The summed E-state index contributed by atoms with van der Waals surface area (Å²) in [5, 5.41) is 19.3. The van der Waals surface area contributed by atoms with Crippen LogP contribution in [0, 0.1) is 5.41 Å². The highest BCUT2D eigenvalue weighted by molar-refractivity contribution is 6.31. The Labute approximate surface area is 168 Å². The number of ether oxygens (including phenoxy) is 1. The van der Waals surface area contributed by atoms with Gasteiger partial charge < -0.3 is 19.3 Å². The van der Waals surface area contributed by atoms with E-state index in [1.54, 1.807) is 18.5 Å². The number of phenolic OH excluding ortho intramolecular Hbond substituents is 1. The number of aromatic nitrogens is 2. The molecule has 1 aromatic heterocycles. The molecule has 6 nitrogen and oxygen atoms in total. The van der Waals surface area contributed by atoms with Crippen LogP contribution in [-0.4, -0.2) is 40.2 Å². The number of benzene rings is 2. The van der Waals surface area contributed by atoms with Gasteiger partial charge in [0.1, 0.15) is 23.3 Å². The second kappa shape index (κ2) is 7.30. The van der Waals surface area contributed by atoms with Crippen molar-refractivity contribution in [2.45, 2.75) is 12.5 Å². The van der Waals surface area contributed by atoms with Crippen molar-refractivity contribution in [3.63, 3.8) is 0 Å². The molecule has 0 aliphatic carbocycles. The summed E-state index contributed by atoms with van der Waals surface area (Å²) < 4.78 is 7.77. The highest BCUT2D eigenvalue weighted by Gasteiger charge is 2.33. The molecule has 0 spiro atoms. The van der Waals surface area contributed by atoms with Crippen molar-refractivity contribution in [1.29, 1.82) is 5.41 Å². The fourth-order valence-electron chi connectivity index (χ4n) is 3.47. The topological polar surface area (TPSA) is 74.4 Å². The van der Waals surface area contributed by atoms with E-state index in [1.165, 1.54) is 0 Å². The summed E-state index contributed by atoms with van der Waals surface area (Å²) in [4.78, 5) is 6.53. The van der Waals surface area contributed by atoms with E-state index in [2.05, 4.69) is 9.88 Å². The zero-order valence-electron chi connectivity index (χ0n) is 15.7. The van der Waals surface area contributed by atoms with Crippen molar-refractivity contribution in [2.75, 3.05) is 20.6 Å². The molecule has 0 bridgehead atoms. The molecule has 7 heteroatoms. The van der Waals surface area contributed by atoms with Crippen LogP contribution in [0.15, 0.2) is 48.8 Å². The Morgan fingerprint density at radius 2 is 2.00 bits per heavy atom. The molecule has 4 rings (SSSR count). The van der Waals surface area contributed by atoms with Gasteiger partial charge in [-0.2, -0.15) is 0 Å². The SMILES string of the molecule is CN(C)CCn1cnc2c(c1=N)[C@H](c1ccccc1Cl)c1ccc(O)cc1O2. The lowest BCUT2D eigenvalue weighted by Gasteiger charge is -2.29. The third-order valence-corrected chi connectivity index (χ3v) is 5.24. The molecule has 2 heterocycles. The summed E-state index contributed by atoms with van der Waals surface area (Å²) in [5.74, 6) is 0.701. The van der Waals surface area contributed by atoms with Crippen LogP contribution in [0.5, 0.6) is 17.4 Å². The Morgan fingerprint density at radius 1 is 1.21 bits per heavy atom. The minimum absolute atomic E-state index is 0.114. The maximum Gasteiger partial charge on any atom is 0.228 e. The lowest BCUT2D eigenvalue weighted by molar-refractivity contribution is 0.370. The first kappa shape index (κ1) is 18.5. The molecular weight excluding hydrogens is 376 g/mol. The van der Waals surface area contributed by atoms with Crippen LogP contribution in [0.25, 0.3) is 0 Å². The number of phenols is 1. The summed E-state index contributed by atoms with van der Waals surface area (Å²) in [5.41, 5.74) is 2.74. The number of fused-ring (bicyclic) bond motifs is 2. The first-order chi connectivity index (χ1) is 13.5. The van der Waals surface area contributed by atoms with Gasteiger partial charge in [-0.15, -0.1) is 0 Å². The molecule has 1 atom stereocenters. The highest BCUT2D eigenvalue weighted by atomic mass is 35.5. The monoisotopic (exact) mass is 396 g/mol. The predicted molar refractivity (Wildman–Crippen MR) is 107 cm³/mol. The number of nitrogens with one attached hydrogen (secondary N) is 1. The van der Waals surface area contributed by atoms with Gasteiger partial charge in [0.05, 0.1) is 5.56 Å². The van der Waals surface area contributed by atoms with E-state index in [9.17, 15) is 5.11 Å². The van der Waals surface area contributed by atoms with Crippen LogP contribution in [0.2, 0.25) is 5.02 Å². The van der Waals surface area contributed by atoms with Gasteiger partial charge in [0.25, 0.3) is 0 Å². The second-order valence-corrected chi connectivity index (χ2v) is 7.49. The molecule has 0 saturated heterocycles. The van der Waals surface area contributed by atoms with Crippen LogP contribution in [0.4, 0.5) is 0 Å². The quantitative estimate of drug-likeness (QED) is 0.553. The lowest BCUT2D eigenvalue weighted by Crippen LogP contribution is -2.32. The molecule has 0 fully saturated rings. The number of hydrogen-bond acceptors (Lipinski definition) is 5. The van der Waals surface area contributed by atoms with Crippen LogP contribution in [0.1, 0.15) is 22.6 Å². The molecule has 0 radical (unpaired) electrons. The fraction of sp³-hybridized carbons (Fsp3) is 0.238. The third kappa shape index (κ3) is 3.25. The molecular formula is C21H21ClN4O2. The van der Waals surface area contributed by atoms with Crippen LogP contribution < -0.4 is 10.2 Å². The van der Waals surface area contributed by atoms with Crippen molar-refractivity contribution < 1.29 is 9.84 Å². The zero-order valence-corrected chi connectivity index (χ0v) is 16.4.